The fourth-order valence-corrected chi connectivity index (χ4v) is 3.01. The molecule has 0 radical (unpaired) electrons. The summed E-state index contributed by atoms with van der Waals surface area (Å²) in [5.41, 5.74) is 5.38. The average Bonchev–Trinajstić information content (AvgIpc) is 2.77. The molecule has 3 N–H and O–H groups in total. The molecule has 1 heterocycles. The Bertz CT molecular complexity index is 303. The molecule has 0 aromatic heterocycles. The minimum absolute atomic E-state index is 0.143. The van der Waals surface area contributed by atoms with Crippen LogP contribution in [-0.4, -0.2) is 31.2 Å². The lowest BCUT2D eigenvalue weighted by atomic mass is 9.70. The third-order valence-electron chi connectivity index (χ3n) is 4.74. The minimum Gasteiger partial charge on any atom is -0.379 e. The zero-order valence-corrected chi connectivity index (χ0v) is 11.6. The number of ether oxygens (including phenoxy) is 1. The van der Waals surface area contributed by atoms with Crippen LogP contribution in [0.2, 0.25) is 0 Å². The highest BCUT2D eigenvalue weighted by atomic mass is 16.5. The van der Waals surface area contributed by atoms with E-state index in [2.05, 4.69) is 19.2 Å². The maximum atomic E-state index is 12.6. The summed E-state index contributed by atoms with van der Waals surface area (Å²) in [7, 11) is 0. The number of carbonyl (C=O) groups is 1. The van der Waals surface area contributed by atoms with Crippen molar-refractivity contribution < 1.29 is 9.53 Å². The minimum atomic E-state index is -0.335. The van der Waals surface area contributed by atoms with Gasteiger partial charge in [0.05, 0.1) is 17.6 Å². The van der Waals surface area contributed by atoms with Crippen LogP contribution in [0.25, 0.3) is 0 Å². The van der Waals surface area contributed by atoms with Crippen molar-refractivity contribution in [1.29, 1.82) is 0 Å². The molecule has 1 amide bonds. The number of rotatable bonds is 3. The van der Waals surface area contributed by atoms with Gasteiger partial charge in [-0.15, -0.1) is 0 Å². The molecule has 18 heavy (non-hydrogen) atoms. The van der Waals surface area contributed by atoms with Crippen molar-refractivity contribution in [2.24, 2.45) is 17.1 Å². The first-order valence-electron chi connectivity index (χ1n) is 7.10. The van der Waals surface area contributed by atoms with Gasteiger partial charge in [-0.25, -0.2) is 0 Å². The maximum absolute atomic E-state index is 12.6. The predicted octanol–water partition coefficient (Wildman–Crippen LogP) is 1.44. The summed E-state index contributed by atoms with van der Waals surface area (Å²) in [6, 6.07) is 0. The second-order valence-corrected chi connectivity index (χ2v) is 6.48. The van der Waals surface area contributed by atoms with Gasteiger partial charge in [-0.3, -0.25) is 4.79 Å². The van der Waals surface area contributed by atoms with E-state index < -0.39 is 0 Å². The van der Waals surface area contributed by atoms with E-state index in [0.29, 0.717) is 13.2 Å². The van der Waals surface area contributed by atoms with Crippen LogP contribution >= 0.6 is 0 Å². The van der Waals surface area contributed by atoms with E-state index in [1.54, 1.807) is 0 Å². The first kappa shape index (κ1) is 13.8. The van der Waals surface area contributed by atoms with Crippen LogP contribution in [0.5, 0.6) is 0 Å². The highest BCUT2D eigenvalue weighted by Gasteiger charge is 2.43. The highest BCUT2D eigenvalue weighted by Crippen LogP contribution is 2.39. The first-order chi connectivity index (χ1) is 8.50. The van der Waals surface area contributed by atoms with Crippen molar-refractivity contribution in [2.45, 2.75) is 51.5 Å². The van der Waals surface area contributed by atoms with Gasteiger partial charge in [0.1, 0.15) is 0 Å². The normalized spacial score (nSPS) is 40.7. The molecule has 0 aromatic carbocycles. The van der Waals surface area contributed by atoms with Crippen LogP contribution in [0.15, 0.2) is 0 Å². The number of hydrogen-bond acceptors (Lipinski definition) is 3. The van der Waals surface area contributed by atoms with Crippen molar-refractivity contribution in [3.63, 3.8) is 0 Å². The van der Waals surface area contributed by atoms with Gasteiger partial charge in [0.2, 0.25) is 5.91 Å². The number of nitrogens with two attached hydrogens (primary N) is 1. The fraction of sp³-hybridized carbons (Fsp3) is 0.929. The molecule has 2 fully saturated rings. The number of nitrogens with one attached hydrogen (secondary N) is 1. The second kappa shape index (κ2) is 5.17. The Hall–Kier alpha value is -0.610. The average molecular weight is 254 g/mol. The van der Waals surface area contributed by atoms with E-state index in [1.807, 2.05) is 0 Å². The lowest BCUT2D eigenvalue weighted by Gasteiger charge is -2.39. The molecule has 4 nitrogen and oxygen atoms in total. The van der Waals surface area contributed by atoms with Crippen LogP contribution < -0.4 is 11.1 Å². The van der Waals surface area contributed by atoms with Crippen LogP contribution in [-0.2, 0) is 9.53 Å². The zero-order valence-electron chi connectivity index (χ0n) is 11.6. The molecule has 0 aromatic rings. The van der Waals surface area contributed by atoms with Gasteiger partial charge in [0.25, 0.3) is 0 Å². The Morgan fingerprint density at radius 2 is 2.06 bits per heavy atom. The van der Waals surface area contributed by atoms with Crippen molar-refractivity contribution >= 4 is 5.91 Å². The Morgan fingerprint density at radius 3 is 2.56 bits per heavy atom. The van der Waals surface area contributed by atoms with E-state index in [9.17, 15) is 4.79 Å². The topological polar surface area (TPSA) is 64.4 Å². The molecule has 1 saturated heterocycles. The number of hydrogen-bond donors (Lipinski definition) is 2. The van der Waals surface area contributed by atoms with Gasteiger partial charge in [-0.05, 0) is 44.9 Å². The van der Waals surface area contributed by atoms with Gasteiger partial charge in [0.15, 0.2) is 0 Å². The molecule has 0 spiro atoms. The van der Waals surface area contributed by atoms with E-state index in [0.717, 1.165) is 44.6 Å². The van der Waals surface area contributed by atoms with Gasteiger partial charge in [0, 0.05) is 13.2 Å². The van der Waals surface area contributed by atoms with Crippen molar-refractivity contribution in [3.05, 3.63) is 0 Å². The summed E-state index contributed by atoms with van der Waals surface area (Å²) in [6.45, 7) is 6.14. The SMILES string of the molecule is CC1CCC(CN)(C(=O)NC2(C)CCOC2)CC1. The molecule has 104 valence electrons. The van der Waals surface area contributed by atoms with Crippen LogP contribution in [0.3, 0.4) is 0 Å². The molecule has 0 bridgehead atoms. The van der Waals surface area contributed by atoms with Gasteiger partial charge < -0.3 is 15.8 Å². The standard InChI is InChI=1S/C14H26N2O2/c1-11-3-5-14(9-15,6-4-11)12(17)16-13(2)7-8-18-10-13/h11H,3-10,15H2,1-2H3,(H,16,17). The van der Waals surface area contributed by atoms with Gasteiger partial charge in [-0.2, -0.15) is 0 Å². The first-order valence-corrected chi connectivity index (χ1v) is 7.10. The smallest absolute Gasteiger partial charge is 0.227 e. The summed E-state index contributed by atoms with van der Waals surface area (Å²) in [5, 5.41) is 3.19. The Kier molecular flexibility index (Phi) is 3.97. The van der Waals surface area contributed by atoms with Gasteiger partial charge >= 0.3 is 0 Å². The molecule has 1 aliphatic heterocycles. The molecule has 1 unspecified atom stereocenters. The molecule has 1 saturated carbocycles. The Labute approximate surface area is 110 Å². The third kappa shape index (κ3) is 2.69. The summed E-state index contributed by atoms with van der Waals surface area (Å²) < 4.78 is 5.39. The largest absolute Gasteiger partial charge is 0.379 e. The number of amides is 1. The lowest BCUT2D eigenvalue weighted by Crippen LogP contribution is -2.55. The van der Waals surface area contributed by atoms with Crippen molar-refractivity contribution in [2.75, 3.05) is 19.8 Å². The van der Waals surface area contributed by atoms with Crippen LogP contribution in [0.4, 0.5) is 0 Å². The maximum Gasteiger partial charge on any atom is 0.227 e. The molecule has 1 atom stereocenters. The molecule has 4 heteroatoms. The molecular weight excluding hydrogens is 228 g/mol. The molecule has 2 aliphatic rings. The van der Waals surface area contributed by atoms with E-state index in [1.165, 1.54) is 0 Å². The monoisotopic (exact) mass is 254 g/mol. The fourth-order valence-electron chi connectivity index (χ4n) is 3.01. The number of carbonyl (C=O) groups excluding carboxylic acids is 1. The van der Waals surface area contributed by atoms with Crippen molar-refractivity contribution in [3.8, 4) is 0 Å². The van der Waals surface area contributed by atoms with Gasteiger partial charge in [-0.1, -0.05) is 6.92 Å². The summed E-state index contributed by atoms with van der Waals surface area (Å²) in [6.07, 6.45) is 4.96. The van der Waals surface area contributed by atoms with Crippen LogP contribution in [0.1, 0.15) is 46.0 Å². The Morgan fingerprint density at radius 1 is 1.39 bits per heavy atom. The summed E-state index contributed by atoms with van der Waals surface area (Å²) in [5.74, 6) is 0.868. The third-order valence-corrected chi connectivity index (χ3v) is 4.74. The van der Waals surface area contributed by atoms with E-state index in [-0.39, 0.29) is 16.9 Å². The predicted molar refractivity (Wildman–Crippen MR) is 71.1 cm³/mol. The molecule has 1 aliphatic carbocycles. The van der Waals surface area contributed by atoms with Crippen LogP contribution in [0, 0.1) is 11.3 Å². The van der Waals surface area contributed by atoms with E-state index in [4.69, 9.17) is 10.5 Å². The quantitative estimate of drug-likeness (QED) is 0.801. The lowest BCUT2D eigenvalue weighted by molar-refractivity contribution is -0.134. The van der Waals surface area contributed by atoms with E-state index >= 15 is 0 Å². The highest BCUT2D eigenvalue weighted by molar-refractivity contribution is 5.83. The van der Waals surface area contributed by atoms with Crippen molar-refractivity contribution in [1.82, 2.24) is 5.32 Å². The molecular formula is C14H26N2O2. The second-order valence-electron chi connectivity index (χ2n) is 6.48. The Balaban J connectivity index is 2.01. The zero-order chi connectivity index (χ0) is 13.2. The summed E-state index contributed by atoms with van der Waals surface area (Å²) in [4.78, 5) is 12.6. The summed E-state index contributed by atoms with van der Waals surface area (Å²) >= 11 is 0. The molecule has 2 rings (SSSR count).